The first-order chi connectivity index (χ1) is 10.6. The van der Waals surface area contributed by atoms with Crippen molar-refractivity contribution < 1.29 is 14.6 Å². The summed E-state index contributed by atoms with van der Waals surface area (Å²) in [6, 6.07) is 9.49. The molecule has 1 N–H and O–H groups in total. The van der Waals surface area contributed by atoms with Crippen LogP contribution in [0.3, 0.4) is 0 Å². The van der Waals surface area contributed by atoms with Crippen LogP contribution < -0.4 is 0 Å². The van der Waals surface area contributed by atoms with Crippen molar-refractivity contribution in [2.24, 2.45) is 0 Å². The van der Waals surface area contributed by atoms with Crippen molar-refractivity contribution in [2.45, 2.75) is 26.0 Å². The molecule has 0 aliphatic carbocycles. The Kier molecular flexibility index (Phi) is 4.09. The number of pyridine rings is 1. The fourth-order valence-corrected chi connectivity index (χ4v) is 2.74. The van der Waals surface area contributed by atoms with Gasteiger partial charge in [0.1, 0.15) is 0 Å². The van der Waals surface area contributed by atoms with Gasteiger partial charge in [0, 0.05) is 23.2 Å². The van der Waals surface area contributed by atoms with Crippen LogP contribution in [0.1, 0.15) is 23.0 Å². The van der Waals surface area contributed by atoms with Gasteiger partial charge in [-0.2, -0.15) is 0 Å². The van der Waals surface area contributed by atoms with Crippen LogP contribution in [0.25, 0.3) is 10.9 Å². The summed E-state index contributed by atoms with van der Waals surface area (Å²) < 4.78 is 5.49. The second kappa shape index (κ2) is 6.02. The number of hydrogen-bond acceptors (Lipinski definition) is 4. The smallest absolute Gasteiger partial charge is 0.254 e. The van der Waals surface area contributed by atoms with Gasteiger partial charge in [-0.3, -0.25) is 9.78 Å². The van der Waals surface area contributed by atoms with Crippen LogP contribution >= 0.6 is 0 Å². The lowest BCUT2D eigenvalue weighted by molar-refractivity contribution is -0.0667. The maximum Gasteiger partial charge on any atom is 0.254 e. The lowest BCUT2D eigenvalue weighted by Crippen LogP contribution is -2.52. The number of aliphatic hydroxyl groups is 1. The Morgan fingerprint density at radius 3 is 3.00 bits per heavy atom. The molecule has 1 aromatic heterocycles. The fraction of sp³-hybridized carbons (Fsp3) is 0.412. The van der Waals surface area contributed by atoms with Crippen LogP contribution in [0.5, 0.6) is 0 Å². The summed E-state index contributed by atoms with van der Waals surface area (Å²) >= 11 is 0. The van der Waals surface area contributed by atoms with E-state index in [9.17, 15) is 9.90 Å². The SMILES string of the molecule is Cc1ccc2cc(C(=O)N3C[C@@H](CO)OC[C@H]3C)ccc2n1. The number of hydrogen-bond donors (Lipinski definition) is 1. The van der Waals surface area contributed by atoms with Gasteiger partial charge < -0.3 is 14.7 Å². The number of carbonyl (C=O) groups is 1. The van der Waals surface area contributed by atoms with Crippen LogP contribution in [-0.4, -0.2) is 52.8 Å². The molecule has 1 fully saturated rings. The third-order valence-electron chi connectivity index (χ3n) is 4.05. The van der Waals surface area contributed by atoms with E-state index in [0.717, 1.165) is 16.6 Å². The van der Waals surface area contributed by atoms with E-state index >= 15 is 0 Å². The number of nitrogens with zero attached hydrogens (tertiary/aromatic N) is 2. The average Bonchev–Trinajstić information content (AvgIpc) is 2.54. The third kappa shape index (κ3) is 2.82. The molecule has 3 rings (SSSR count). The van der Waals surface area contributed by atoms with Gasteiger partial charge in [0.15, 0.2) is 0 Å². The molecule has 1 amide bonds. The zero-order valence-electron chi connectivity index (χ0n) is 12.8. The summed E-state index contributed by atoms with van der Waals surface area (Å²) in [7, 11) is 0. The first kappa shape index (κ1) is 14.9. The van der Waals surface area contributed by atoms with Gasteiger partial charge in [-0.1, -0.05) is 6.07 Å². The van der Waals surface area contributed by atoms with Crippen LogP contribution in [-0.2, 0) is 4.74 Å². The largest absolute Gasteiger partial charge is 0.394 e. The van der Waals surface area contributed by atoms with Crippen molar-refractivity contribution in [3.05, 3.63) is 41.6 Å². The third-order valence-corrected chi connectivity index (χ3v) is 4.05. The van der Waals surface area contributed by atoms with E-state index in [1.54, 1.807) is 4.90 Å². The minimum absolute atomic E-state index is 0.00198. The lowest BCUT2D eigenvalue weighted by atomic mass is 10.1. The van der Waals surface area contributed by atoms with E-state index in [0.29, 0.717) is 18.7 Å². The maximum absolute atomic E-state index is 12.8. The number of morpholine rings is 1. The Morgan fingerprint density at radius 2 is 2.23 bits per heavy atom. The van der Waals surface area contributed by atoms with Crippen LogP contribution in [0.15, 0.2) is 30.3 Å². The van der Waals surface area contributed by atoms with Crippen LogP contribution in [0, 0.1) is 6.92 Å². The summed E-state index contributed by atoms with van der Waals surface area (Å²) in [5, 5.41) is 10.2. The van der Waals surface area contributed by atoms with Crippen molar-refractivity contribution in [2.75, 3.05) is 19.8 Å². The second-order valence-electron chi connectivity index (χ2n) is 5.80. The predicted molar refractivity (Wildman–Crippen MR) is 83.8 cm³/mol. The molecule has 0 spiro atoms. The monoisotopic (exact) mass is 300 g/mol. The predicted octanol–water partition coefficient (Wildman–Crippen LogP) is 1.77. The van der Waals surface area contributed by atoms with Crippen molar-refractivity contribution in [3.63, 3.8) is 0 Å². The zero-order valence-corrected chi connectivity index (χ0v) is 12.8. The summed E-state index contributed by atoms with van der Waals surface area (Å²) in [6.45, 7) is 4.70. The summed E-state index contributed by atoms with van der Waals surface area (Å²) in [6.07, 6.45) is -0.301. The van der Waals surface area contributed by atoms with Gasteiger partial charge in [-0.25, -0.2) is 0 Å². The number of amides is 1. The van der Waals surface area contributed by atoms with E-state index in [2.05, 4.69) is 4.98 Å². The van der Waals surface area contributed by atoms with Gasteiger partial charge in [0.05, 0.1) is 30.9 Å². The summed E-state index contributed by atoms with van der Waals surface area (Å²) in [5.74, 6) is -0.0308. The molecule has 0 unspecified atom stereocenters. The highest BCUT2D eigenvalue weighted by Crippen LogP contribution is 2.19. The highest BCUT2D eigenvalue weighted by Gasteiger charge is 2.29. The molecular formula is C17H20N2O3. The number of aryl methyl sites for hydroxylation is 1. The van der Waals surface area contributed by atoms with E-state index in [1.165, 1.54) is 0 Å². The first-order valence-electron chi connectivity index (χ1n) is 7.49. The molecule has 22 heavy (non-hydrogen) atoms. The van der Waals surface area contributed by atoms with E-state index in [1.807, 2.05) is 44.2 Å². The maximum atomic E-state index is 12.8. The molecular weight excluding hydrogens is 280 g/mol. The average molecular weight is 300 g/mol. The van der Waals surface area contributed by atoms with E-state index in [-0.39, 0.29) is 24.7 Å². The summed E-state index contributed by atoms with van der Waals surface area (Å²) in [4.78, 5) is 19.0. The minimum Gasteiger partial charge on any atom is -0.394 e. The van der Waals surface area contributed by atoms with Crippen molar-refractivity contribution in [1.29, 1.82) is 0 Å². The molecule has 1 saturated heterocycles. The molecule has 1 aliphatic rings. The molecule has 2 aromatic rings. The Balaban J connectivity index is 1.89. The fourth-order valence-electron chi connectivity index (χ4n) is 2.74. The second-order valence-corrected chi connectivity index (χ2v) is 5.80. The van der Waals surface area contributed by atoms with Crippen LogP contribution in [0.4, 0.5) is 0 Å². The van der Waals surface area contributed by atoms with Gasteiger partial charge in [-0.15, -0.1) is 0 Å². The van der Waals surface area contributed by atoms with Gasteiger partial charge >= 0.3 is 0 Å². The van der Waals surface area contributed by atoms with Crippen LogP contribution in [0.2, 0.25) is 0 Å². The van der Waals surface area contributed by atoms with Gasteiger partial charge in [0.25, 0.3) is 5.91 Å². The van der Waals surface area contributed by atoms with Crippen molar-refractivity contribution in [1.82, 2.24) is 9.88 Å². The van der Waals surface area contributed by atoms with Crippen molar-refractivity contribution >= 4 is 16.8 Å². The standard InChI is InChI=1S/C17H20N2O3/c1-11-3-4-13-7-14(5-6-16(13)18-11)17(21)19-8-15(9-20)22-10-12(19)2/h3-7,12,15,20H,8-10H2,1-2H3/t12-,15+/m1/s1. The number of aliphatic hydroxyl groups excluding tert-OH is 1. The Hall–Kier alpha value is -1.98. The van der Waals surface area contributed by atoms with E-state index in [4.69, 9.17) is 4.74 Å². The number of ether oxygens (including phenoxy) is 1. The summed E-state index contributed by atoms with van der Waals surface area (Å²) in [5.41, 5.74) is 2.49. The number of carbonyl (C=O) groups excluding carboxylic acids is 1. The van der Waals surface area contributed by atoms with Crippen molar-refractivity contribution in [3.8, 4) is 0 Å². The molecule has 116 valence electrons. The molecule has 1 aliphatic heterocycles. The lowest BCUT2D eigenvalue weighted by Gasteiger charge is -2.37. The van der Waals surface area contributed by atoms with E-state index < -0.39 is 0 Å². The Labute approximate surface area is 129 Å². The highest BCUT2D eigenvalue weighted by molar-refractivity contribution is 5.98. The molecule has 0 radical (unpaired) electrons. The number of aromatic nitrogens is 1. The van der Waals surface area contributed by atoms with Gasteiger partial charge in [-0.05, 0) is 38.1 Å². The van der Waals surface area contributed by atoms with Gasteiger partial charge in [0.2, 0.25) is 0 Å². The molecule has 5 heteroatoms. The molecule has 2 atom stereocenters. The quantitative estimate of drug-likeness (QED) is 0.918. The molecule has 0 saturated carbocycles. The first-order valence-corrected chi connectivity index (χ1v) is 7.49. The normalized spacial score (nSPS) is 22.0. The molecule has 0 bridgehead atoms. The minimum atomic E-state index is -0.301. The number of rotatable bonds is 2. The number of fused-ring (bicyclic) bond motifs is 1. The topological polar surface area (TPSA) is 62.7 Å². The highest BCUT2D eigenvalue weighted by atomic mass is 16.5. The molecule has 2 heterocycles. The Morgan fingerprint density at radius 1 is 1.41 bits per heavy atom. The molecule has 5 nitrogen and oxygen atoms in total. The Bertz CT molecular complexity index is 701. The molecule has 1 aromatic carbocycles. The zero-order chi connectivity index (χ0) is 15.7. The number of benzene rings is 1.